The van der Waals surface area contributed by atoms with Gasteiger partial charge in [-0.1, -0.05) is 6.07 Å². The van der Waals surface area contributed by atoms with Crippen LogP contribution in [0.5, 0.6) is 0 Å². The van der Waals surface area contributed by atoms with Crippen LogP contribution in [0.2, 0.25) is 0 Å². The molecule has 3 rings (SSSR count). The zero-order valence-electron chi connectivity index (χ0n) is 12.8. The highest BCUT2D eigenvalue weighted by Gasteiger charge is 2.13. The number of aromatic nitrogens is 2. The normalized spacial score (nSPS) is 10.9. The summed E-state index contributed by atoms with van der Waals surface area (Å²) in [6.07, 6.45) is 3.33. The number of carboxylic acid groups (broad SMARTS) is 1. The molecule has 0 spiro atoms. The van der Waals surface area contributed by atoms with Crippen molar-refractivity contribution >= 4 is 16.9 Å². The molecule has 0 fully saturated rings. The maximum atomic E-state index is 11.1. The largest absolute Gasteiger partial charge is 0.478 e. The molecule has 3 aromatic rings. The second kappa shape index (κ2) is 5.58. The van der Waals surface area contributed by atoms with Gasteiger partial charge in [0.15, 0.2) is 0 Å². The lowest BCUT2D eigenvalue weighted by molar-refractivity contribution is 0.0697. The maximum absolute atomic E-state index is 11.1. The summed E-state index contributed by atoms with van der Waals surface area (Å²) >= 11 is 0. The Kier molecular flexibility index (Phi) is 3.59. The number of nitriles is 1. The third-order valence-corrected chi connectivity index (χ3v) is 3.81. The van der Waals surface area contributed by atoms with E-state index in [-0.39, 0.29) is 11.6 Å². The van der Waals surface area contributed by atoms with Gasteiger partial charge in [0.25, 0.3) is 0 Å². The number of fused-ring (bicyclic) bond motifs is 1. The zero-order valence-corrected chi connectivity index (χ0v) is 12.8. The number of nitrogens with zero attached hydrogens (tertiary/aromatic N) is 3. The second-order valence-corrected chi connectivity index (χ2v) is 5.62. The summed E-state index contributed by atoms with van der Waals surface area (Å²) in [5.74, 6) is -0.988. The first-order valence-electron chi connectivity index (χ1n) is 7.25. The van der Waals surface area contributed by atoms with Crippen molar-refractivity contribution in [2.24, 2.45) is 0 Å². The number of hydrogen-bond acceptors (Lipinski definition) is 3. The Morgan fingerprint density at radius 3 is 2.74 bits per heavy atom. The maximum Gasteiger partial charge on any atom is 0.335 e. The van der Waals surface area contributed by atoms with Gasteiger partial charge in [-0.2, -0.15) is 5.26 Å². The molecular formula is C18H15N3O2. The van der Waals surface area contributed by atoms with Crippen LogP contribution in [0.15, 0.2) is 42.7 Å². The Balaban J connectivity index is 2.19. The molecule has 2 heterocycles. The number of carboxylic acids is 1. The van der Waals surface area contributed by atoms with Crippen molar-refractivity contribution in [3.8, 4) is 17.3 Å². The molecule has 0 atom stereocenters. The van der Waals surface area contributed by atoms with Crippen LogP contribution in [0.3, 0.4) is 0 Å². The lowest BCUT2D eigenvalue weighted by Gasteiger charge is -2.09. The van der Waals surface area contributed by atoms with E-state index in [1.54, 1.807) is 0 Å². The molecule has 23 heavy (non-hydrogen) atoms. The minimum atomic E-state index is -0.988. The van der Waals surface area contributed by atoms with Crippen molar-refractivity contribution in [3.05, 3.63) is 53.9 Å². The first-order chi connectivity index (χ1) is 11.0. The summed E-state index contributed by atoms with van der Waals surface area (Å²) in [5, 5.41) is 19.3. The highest BCUT2D eigenvalue weighted by molar-refractivity contribution is 5.92. The minimum absolute atomic E-state index is 0.190. The zero-order chi connectivity index (χ0) is 16.6. The van der Waals surface area contributed by atoms with Gasteiger partial charge in [0.05, 0.1) is 16.8 Å². The molecule has 0 unspecified atom stereocenters. The van der Waals surface area contributed by atoms with Crippen LogP contribution >= 0.6 is 0 Å². The predicted molar refractivity (Wildman–Crippen MR) is 87.2 cm³/mol. The van der Waals surface area contributed by atoms with E-state index in [2.05, 4.69) is 29.5 Å². The summed E-state index contributed by atoms with van der Waals surface area (Å²) < 4.78 is 2.05. The Morgan fingerprint density at radius 2 is 2.09 bits per heavy atom. The standard InChI is InChI=1S/C18H15N3O2/c1-11(2)21-10-14(9-19)15-7-12(3-4-17(15)21)16-8-13(18(22)23)5-6-20-16/h3-8,10-11H,1-2H3,(H,22,23). The first-order valence-corrected chi connectivity index (χ1v) is 7.25. The lowest BCUT2D eigenvalue weighted by atomic mass is 10.1. The van der Waals surface area contributed by atoms with Gasteiger partial charge in [-0.25, -0.2) is 4.79 Å². The van der Waals surface area contributed by atoms with E-state index < -0.39 is 5.97 Å². The summed E-state index contributed by atoms with van der Waals surface area (Å²) in [7, 11) is 0. The van der Waals surface area contributed by atoms with E-state index in [1.165, 1.54) is 18.3 Å². The number of benzene rings is 1. The topological polar surface area (TPSA) is 78.9 Å². The molecule has 0 saturated heterocycles. The van der Waals surface area contributed by atoms with Crippen molar-refractivity contribution in [3.63, 3.8) is 0 Å². The highest BCUT2D eigenvalue weighted by atomic mass is 16.4. The van der Waals surface area contributed by atoms with Crippen molar-refractivity contribution < 1.29 is 9.90 Å². The summed E-state index contributed by atoms with van der Waals surface area (Å²) in [6.45, 7) is 4.12. The van der Waals surface area contributed by atoms with Gasteiger partial charge in [-0.3, -0.25) is 4.98 Å². The molecule has 1 N–H and O–H groups in total. The SMILES string of the molecule is CC(C)n1cc(C#N)c2cc(-c3cc(C(=O)O)ccn3)ccc21. The van der Waals surface area contributed by atoms with Gasteiger partial charge in [0.2, 0.25) is 0 Å². The van der Waals surface area contributed by atoms with E-state index >= 15 is 0 Å². The summed E-state index contributed by atoms with van der Waals surface area (Å²) in [6, 6.07) is 11.2. The first kappa shape index (κ1) is 14.8. The van der Waals surface area contributed by atoms with Crippen molar-refractivity contribution in [1.82, 2.24) is 9.55 Å². The van der Waals surface area contributed by atoms with Crippen LogP contribution in [-0.4, -0.2) is 20.6 Å². The fraction of sp³-hybridized carbons (Fsp3) is 0.167. The fourth-order valence-corrected chi connectivity index (χ4v) is 2.65. The molecule has 0 aliphatic rings. The monoisotopic (exact) mass is 305 g/mol. The molecular weight excluding hydrogens is 290 g/mol. The smallest absolute Gasteiger partial charge is 0.335 e. The van der Waals surface area contributed by atoms with Crippen molar-refractivity contribution in [1.29, 1.82) is 5.26 Å². The molecule has 0 aliphatic carbocycles. The number of carbonyl (C=O) groups is 1. The third kappa shape index (κ3) is 2.55. The van der Waals surface area contributed by atoms with Crippen LogP contribution in [0, 0.1) is 11.3 Å². The number of pyridine rings is 1. The molecule has 0 aliphatic heterocycles. The van der Waals surface area contributed by atoms with Gasteiger partial charge >= 0.3 is 5.97 Å². The van der Waals surface area contributed by atoms with Crippen LogP contribution in [0.4, 0.5) is 0 Å². The van der Waals surface area contributed by atoms with Gasteiger partial charge < -0.3 is 9.67 Å². The van der Waals surface area contributed by atoms with Crippen LogP contribution in [-0.2, 0) is 0 Å². The summed E-state index contributed by atoms with van der Waals surface area (Å²) in [5.41, 5.74) is 3.14. The van der Waals surface area contributed by atoms with Crippen LogP contribution in [0.25, 0.3) is 22.2 Å². The van der Waals surface area contributed by atoms with Crippen molar-refractivity contribution in [2.45, 2.75) is 19.9 Å². The molecule has 0 bridgehead atoms. The fourth-order valence-electron chi connectivity index (χ4n) is 2.65. The van der Waals surface area contributed by atoms with Crippen LogP contribution in [0.1, 0.15) is 35.8 Å². The quantitative estimate of drug-likeness (QED) is 0.797. The molecule has 0 amide bonds. The predicted octanol–water partition coefficient (Wildman–Crippen LogP) is 3.85. The van der Waals surface area contributed by atoms with E-state index in [4.69, 9.17) is 5.11 Å². The molecule has 0 saturated carbocycles. The molecule has 0 radical (unpaired) electrons. The Labute approximate surface area is 133 Å². The average Bonchev–Trinajstić information content (AvgIpc) is 2.93. The van der Waals surface area contributed by atoms with E-state index in [0.717, 1.165) is 16.5 Å². The van der Waals surface area contributed by atoms with E-state index in [9.17, 15) is 10.1 Å². The Bertz CT molecular complexity index is 949. The number of rotatable bonds is 3. The number of hydrogen-bond donors (Lipinski definition) is 1. The molecule has 5 heteroatoms. The van der Waals surface area contributed by atoms with Gasteiger partial charge in [-0.15, -0.1) is 0 Å². The molecule has 1 aromatic carbocycles. The molecule has 114 valence electrons. The Morgan fingerprint density at radius 1 is 1.30 bits per heavy atom. The van der Waals surface area contributed by atoms with E-state index in [1.807, 2.05) is 24.4 Å². The van der Waals surface area contributed by atoms with Crippen LogP contribution < -0.4 is 0 Å². The number of aromatic carboxylic acids is 1. The highest BCUT2D eigenvalue weighted by Crippen LogP contribution is 2.29. The second-order valence-electron chi connectivity index (χ2n) is 5.62. The minimum Gasteiger partial charge on any atom is -0.478 e. The van der Waals surface area contributed by atoms with Gasteiger partial charge in [-0.05, 0) is 38.1 Å². The third-order valence-electron chi connectivity index (χ3n) is 3.81. The average molecular weight is 305 g/mol. The van der Waals surface area contributed by atoms with E-state index in [0.29, 0.717) is 11.3 Å². The summed E-state index contributed by atoms with van der Waals surface area (Å²) in [4.78, 5) is 15.3. The van der Waals surface area contributed by atoms with Gasteiger partial charge in [0, 0.05) is 34.9 Å². The Hall–Kier alpha value is -3.13. The van der Waals surface area contributed by atoms with Gasteiger partial charge in [0.1, 0.15) is 6.07 Å². The lowest BCUT2D eigenvalue weighted by Crippen LogP contribution is -1.98. The molecule has 5 nitrogen and oxygen atoms in total. The molecule has 2 aromatic heterocycles. The van der Waals surface area contributed by atoms with Crippen molar-refractivity contribution in [2.75, 3.05) is 0 Å².